The van der Waals surface area contributed by atoms with Crippen LogP contribution in [0.25, 0.3) is 0 Å². The first-order chi connectivity index (χ1) is 12.7. The third-order valence-corrected chi connectivity index (χ3v) is 5.65. The number of rotatable bonds is 6. The van der Waals surface area contributed by atoms with Crippen molar-refractivity contribution in [1.29, 1.82) is 5.26 Å². The molecule has 1 amide bonds. The number of amides is 1. The highest BCUT2D eigenvalue weighted by Crippen LogP contribution is 2.25. The maximum Gasteiger partial charge on any atom is 0.230 e. The molecule has 0 aromatic heterocycles. The van der Waals surface area contributed by atoms with Crippen molar-refractivity contribution in [3.05, 3.63) is 71.1 Å². The first kappa shape index (κ1) is 20.2. The summed E-state index contributed by atoms with van der Waals surface area (Å²) in [4.78, 5) is 12.7. The molecule has 0 aliphatic heterocycles. The fraction of sp³-hybridized carbons (Fsp3) is 0.200. The lowest BCUT2D eigenvalue weighted by Crippen LogP contribution is -2.39. The topological polar surface area (TPSA) is 113 Å². The van der Waals surface area contributed by atoms with Gasteiger partial charge in [-0.05, 0) is 49.2 Å². The van der Waals surface area contributed by atoms with E-state index in [2.05, 4.69) is 5.32 Å². The van der Waals surface area contributed by atoms with Crippen LogP contribution in [0.4, 0.5) is 5.69 Å². The van der Waals surface area contributed by atoms with Crippen LogP contribution in [0.15, 0.2) is 64.9 Å². The van der Waals surface area contributed by atoms with Gasteiger partial charge in [0.05, 0.1) is 16.4 Å². The number of allylic oxidation sites excluding steroid dienone is 1. The summed E-state index contributed by atoms with van der Waals surface area (Å²) in [6.45, 7) is 3.91. The molecule has 0 atom stereocenters. The molecule has 0 radical (unpaired) electrons. The van der Waals surface area contributed by atoms with Gasteiger partial charge in [-0.2, -0.15) is 5.26 Å². The maximum atomic E-state index is 12.6. The Morgan fingerprint density at radius 3 is 2.30 bits per heavy atom. The van der Waals surface area contributed by atoms with Crippen LogP contribution in [0.1, 0.15) is 25.0 Å². The molecule has 0 saturated heterocycles. The van der Waals surface area contributed by atoms with E-state index in [4.69, 9.17) is 11.0 Å². The third kappa shape index (κ3) is 4.96. The Morgan fingerprint density at radius 2 is 1.74 bits per heavy atom. The Hall–Kier alpha value is -3.11. The maximum absolute atomic E-state index is 12.6. The fourth-order valence-electron chi connectivity index (χ4n) is 2.43. The van der Waals surface area contributed by atoms with Gasteiger partial charge in [-0.3, -0.25) is 4.79 Å². The molecule has 7 heteroatoms. The summed E-state index contributed by atoms with van der Waals surface area (Å²) in [5.74, 6) is -0.181. The Kier molecular flexibility index (Phi) is 6.03. The van der Waals surface area contributed by atoms with E-state index < -0.39 is 15.3 Å². The van der Waals surface area contributed by atoms with Crippen molar-refractivity contribution in [2.24, 2.45) is 0 Å². The van der Waals surface area contributed by atoms with Gasteiger partial charge in [-0.15, -0.1) is 0 Å². The van der Waals surface area contributed by atoms with E-state index in [0.717, 1.165) is 17.0 Å². The highest BCUT2D eigenvalue weighted by atomic mass is 32.2. The van der Waals surface area contributed by atoms with E-state index in [0.29, 0.717) is 17.8 Å². The molecule has 140 valence electrons. The molecule has 6 nitrogen and oxygen atoms in total. The van der Waals surface area contributed by atoms with Gasteiger partial charge in [0.25, 0.3) is 0 Å². The van der Waals surface area contributed by atoms with E-state index in [-0.39, 0.29) is 10.8 Å². The Bertz CT molecular complexity index is 984. The summed E-state index contributed by atoms with van der Waals surface area (Å²) >= 11 is 0. The van der Waals surface area contributed by atoms with Gasteiger partial charge < -0.3 is 11.1 Å². The van der Waals surface area contributed by atoms with Crippen molar-refractivity contribution < 1.29 is 13.2 Å². The van der Waals surface area contributed by atoms with Gasteiger partial charge in [-0.1, -0.05) is 24.3 Å². The minimum Gasteiger partial charge on any atom is -0.399 e. The molecule has 2 aromatic carbocycles. The number of nitrogens with one attached hydrogen (secondary N) is 1. The zero-order valence-electron chi connectivity index (χ0n) is 15.1. The van der Waals surface area contributed by atoms with Crippen LogP contribution in [-0.2, 0) is 26.6 Å². The van der Waals surface area contributed by atoms with Gasteiger partial charge in [0.1, 0.15) is 0 Å². The number of hydrogen-bond donors (Lipinski definition) is 2. The number of anilines is 1. The molecule has 27 heavy (non-hydrogen) atoms. The summed E-state index contributed by atoms with van der Waals surface area (Å²) in [6.07, 6.45) is 0.915. The second kappa shape index (κ2) is 8.06. The summed E-state index contributed by atoms with van der Waals surface area (Å²) in [5, 5.41) is 12.2. The minimum absolute atomic E-state index is 0.0656. The van der Waals surface area contributed by atoms with Crippen molar-refractivity contribution in [3.8, 4) is 6.07 Å². The summed E-state index contributed by atoms with van der Waals surface area (Å²) in [6, 6.07) is 15.0. The molecule has 0 fully saturated rings. The van der Waals surface area contributed by atoms with Crippen molar-refractivity contribution in [2.75, 3.05) is 5.73 Å². The minimum atomic E-state index is -3.67. The van der Waals surface area contributed by atoms with Gasteiger partial charge >= 0.3 is 0 Å². The highest BCUT2D eigenvalue weighted by molar-refractivity contribution is 7.94. The summed E-state index contributed by atoms with van der Waals surface area (Å²) in [5.41, 5.74) is 7.07. The highest BCUT2D eigenvalue weighted by Gasteiger charge is 2.29. The molecule has 3 N–H and O–H groups in total. The van der Waals surface area contributed by atoms with Crippen LogP contribution >= 0.6 is 0 Å². The van der Waals surface area contributed by atoms with Crippen molar-refractivity contribution in [2.45, 2.75) is 30.7 Å². The number of nitrogens with zero attached hydrogens (tertiary/aromatic N) is 1. The lowest BCUT2D eigenvalue weighted by Gasteiger charge is -2.24. The number of nitrogen functional groups attached to an aromatic ring is 1. The van der Waals surface area contributed by atoms with E-state index in [9.17, 15) is 13.2 Å². The average molecular weight is 383 g/mol. The zero-order valence-corrected chi connectivity index (χ0v) is 16.0. The van der Waals surface area contributed by atoms with Crippen LogP contribution in [0, 0.1) is 11.3 Å². The Labute approximate surface area is 159 Å². The van der Waals surface area contributed by atoms with Crippen molar-refractivity contribution >= 4 is 21.4 Å². The largest absolute Gasteiger partial charge is 0.399 e. The average Bonchev–Trinajstić information content (AvgIpc) is 2.65. The number of benzene rings is 2. The van der Waals surface area contributed by atoms with Crippen LogP contribution in [0.3, 0.4) is 0 Å². The first-order valence-corrected chi connectivity index (χ1v) is 9.76. The zero-order chi connectivity index (χ0) is 20.1. The number of hydrogen-bond acceptors (Lipinski definition) is 5. The van der Waals surface area contributed by atoms with E-state index in [1.807, 2.05) is 12.1 Å². The molecular formula is C20H21N3O3S. The van der Waals surface area contributed by atoms with Crippen molar-refractivity contribution in [3.63, 3.8) is 0 Å². The van der Waals surface area contributed by atoms with Gasteiger partial charge in [0, 0.05) is 23.7 Å². The van der Waals surface area contributed by atoms with E-state index in [1.165, 1.54) is 12.1 Å². The number of carbonyl (C=O) groups excluding carboxylic acids is 1. The van der Waals surface area contributed by atoms with Crippen LogP contribution in [-0.4, -0.2) is 14.3 Å². The standard InChI is InChI=1S/C20H21N3O3S/c1-20(2,19(24)23-14-15-4-8-17(22)9-5-15)16-6-10-18(11-7-16)27(25,26)13-3-12-21/h3-11,13H,14,22H2,1-2H3,(H,23,24)/b13-3+. The molecule has 2 rings (SSSR count). The third-order valence-electron chi connectivity index (χ3n) is 4.23. The number of nitriles is 1. The summed E-state index contributed by atoms with van der Waals surface area (Å²) < 4.78 is 24.1. The van der Waals surface area contributed by atoms with Gasteiger partial charge in [0.15, 0.2) is 0 Å². The van der Waals surface area contributed by atoms with Gasteiger partial charge in [-0.25, -0.2) is 8.42 Å². The van der Waals surface area contributed by atoms with Crippen molar-refractivity contribution in [1.82, 2.24) is 5.32 Å². The quantitative estimate of drug-likeness (QED) is 0.588. The molecule has 0 bridgehead atoms. The second-order valence-electron chi connectivity index (χ2n) is 6.55. The predicted octanol–water partition coefficient (Wildman–Crippen LogP) is 2.67. The molecule has 0 spiro atoms. The molecule has 0 aliphatic rings. The smallest absolute Gasteiger partial charge is 0.230 e. The van der Waals surface area contributed by atoms with Gasteiger partial charge in [0.2, 0.25) is 15.7 Å². The number of carbonyl (C=O) groups is 1. The first-order valence-electron chi connectivity index (χ1n) is 8.21. The lowest BCUT2D eigenvalue weighted by molar-refractivity contribution is -0.125. The number of sulfone groups is 1. The Morgan fingerprint density at radius 1 is 1.15 bits per heavy atom. The number of nitrogens with two attached hydrogens (primary N) is 1. The van der Waals surface area contributed by atoms with E-state index >= 15 is 0 Å². The molecule has 0 unspecified atom stereocenters. The molecule has 2 aromatic rings. The Balaban J connectivity index is 2.13. The SMILES string of the molecule is CC(C)(C(=O)NCc1ccc(N)cc1)c1ccc(S(=O)(=O)/C=C/C#N)cc1. The fourth-order valence-corrected chi connectivity index (χ4v) is 3.34. The molecular weight excluding hydrogens is 362 g/mol. The monoisotopic (exact) mass is 383 g/mol. The summed E-state index contributed by atoms with van der Waals surface area (Å²) in [7, 11) is -3.67. The van der Waals surface area contributed by atoms with Crippen LogP contribution in [0.5, 0.6) is 0 Å². The molecule has 0 aliphatic carbocycles. The lowest BCUT2D eigenvalue weighted by atomic mass is 9.83. The molecule has 0 heterocycles. The van der Waals surface area contributed by atoms with Crippen LogP contribution < -0.4 is 11.1 Å². The molecule has 0 saturated carbocycles. The van der Waals surface area contributed by atoms with E-state index in [1.54, 1.807) is 44.2 Å². The second-order valence-corrected chi connectivity index (χ2v) is 8.38. The normalized spacial score (nSPS) is 11.9. The van der Waals surface area contributed by atoms with Crippen LogP contribution in [0.2, 0.25) is 0 Å². The predicted molar refractivity (Wildman–Crippen MR) is 104 cm³/mol.